The summed E-state index contributed by atoms with van der Waals surface area (Å²) in [7, 11) is 1.34. The fourth-order valence-electron chi connectivity index (χ4n) is 1.23. The Morgan fingerprint density at radius 3 is 2.38 bits per heavy atom. The number of Topliss-reactive ketones (excluding diaryl/α,β-unsaturated/α-hetero) is 1. The first-order valence-electron chi connectivity index (χ1n) is 5.57. The molecule has 0 fully saturated rings. The van der Waals surface area contributed by atoms with Gasteiger partial charge in [-0.1, -0.05) is 12.2 Å². The number of rotatable bonds is 9. The maximum Gasteiger partial charge on any atom is 0.330 e. The topological polar surface area (TPSA) is 43.4 Å². The predicted molar refractivity (Wildman–Crippen MR) is 64.1 cm³/mol. The van der Waals surface area contributed by atoms with Gasteiger partial charge in [0.15, 0.2) is 0 Å². The molecule has 0 amide bonds. The first-order valence-corrected chi connectivity index (χ1v) is 5.57. The Bertz CT molecular complexity index is 254. The average molecular weight is 224 g/mol. The van der Waals surface area contributed by atoms with E-state index in [0.717, 1.165) is 25.7 Å². The van der Waals surface area contributed by atoms with Crippen LogP contribution >= 0.6 is 0 Å². The number of esters is 1. The third-order valence-electron chi connectivity index (χ3n) is 2.15. The maximum atomic E-state index is 11.3. The van der Waals surface area contributed by atoms with Crippen LogP contribution in [-0.2, 0) is 14.3 Å². The number of carbonyl (C=O) groups excluding carboxylic acids is 2. The van der Waals surface area contributed by atoms with Gasteiger partial charge in [0.1, 0.15) is 5.78 Å². The van der Waals surface area contributed by atoms with E-state index in [1.54, 1.807) is 6.08 Å². The van der Waals surface area contributed by atoms with Crippen molar-refractivity contribution in [1.82, 2.24) is 0 Å². The van der Waals surface area contributed by atoms with Crippen LogP contribution in [0.25, 0.3) is 0 Å². The number of ketones is 1. The zero-order valence-electron chi connectivity index (χ0n) is 9.91. The fraction of sp³-hybridized carbons (Fsp3) is 0.538. The van der Waals surface area contributed by atoms with Crippen LogP contribution in [0, 0.1) is 0 Å². The van der Waals surface area contributed by atoms with Crippen molar-refractivity contribution in [2.75, 3.05) is 7.11 Å². The molecule has 0 unspecified atom stereocenters. The van der Waals surface area contributed by atoms with Crippen LogP contribution in [0.15, 0.2) is 24.8 Å². The zero-order valence-corrected chi connectivity index (χ0v) is 9.91. The van der Waals surface area contributed by atoms with Crippen molar-refractivity contribution in [3.63, 3.8) is 0 Å². The molecule has 3 heteroatoms. The van der Waals surface area contributed by atoms with E-state index in [9.17, 15) is 9.59 Å². The van der Waals surface area contributed by atoms with Crippen molar-refractivity contribution < 1.29 is 14.3 Å². The molecule has 0 N–H and O–H groups in total. The van der Waals surface area contributed by atoms with Gasteiger partial charge in [-0.3, -0.25) is 4.79 Å². The van der Waals surface area contributed by atoms with Crippen LogP contribution < -0.4 is 0 Å². The molecule has 0 aliphatic rings. The summed E-state index contributed by atoms with van der Waals surface area (Å²) < 4.78 is 4.44. The van der Waals surface area contributed by atoms with E-state index >= 15 is 0 Å². The van der Waals surface area contributed by atoms with E-state index in [4.69, 9.17) is 0 Å². The van der Waals surface area contributed by atoms with Crippen molar-refractivity contribution in [3.8, 4) is 0 Å². The second-order valence-corrected chi connectivity index (χ2v) is 3.54. The van der Waals surface area contributed by atoms with Crippen molar-refractivity contribution in [2.24, 2.45) is 0 Å². The summed E-state index contributed by atoms with van der Waals surface area (Å²) in [5.74, 6) is -0.0642. The minimum atomic E-state index is -0.350. The monoisotopic (exact) mass is 224 g/mol. The minimum absolute atomic E-state index is 0.285. The summed E-state index contributed by atoms with van der Waals surface area (Å²) in [6.07, 6.45) is 9.49. The molecular weight excluding hydrogens is 204 g/mol. The number of hydrogen-bond donors (Lipinski definition) is 0. The smallest absolute Gasteiger partial charge is 0.330 e. The van der Waals surface area contributed by atoms with E-state index in [1.165, 1.54) is 13.2 Å². The molecular formula is C13H20O3. The SMILES string of the molecule is C=CCCCC(=O)CCC/C=C/C(=O)OC. The molecule has 16 heavy (non-hydrogen) atoms. The molecule has 3 nitrogen and oxygen atoms in total. The maximum absolute atomic E-state index is 11.3. The summed E-state index contributed by atoms with van der Waals surface area (Å²) >= 11 is 0. The molecule has 0 heterocycles. The molecule has 0 aromatic rings. The number of allylic oxidation sites excluding steroid dienone is 2. The van der Waals surface area contributed by atoms with Gasteiger partial charge in [-0.15, -0.1) is 6.58 Å². The Morgan fingerprint density at radius 1 is 1.19 bits per heavy atom. The summed E-state index contributed by atoms with van der Waals surface area (Å²) in [5, 5.41) is 0. The zero-order chi connectivity index (χ0) is 12.2. The van der Waals surface area contributed by atoms with Crippen molar-refractivity contribution in [3.05, 3.63) is 24.8 Å². The van der Waals surface area contributed by atoms with Crippen LogP contribution in [0.4, 0.5) is 0 Å². The Kier molecular flexibility index (Phi) is 9.27. The highest BCUT2D eigenvalue weighted by atomic mass is 16.5. The second kappa shape index (κ2) is 10.1. The molecule has 0 radical (unpaired) electrons. The lowest BCUT2D eigenvalue weighted by molar-refractivity contribution is -0.134. The third-order valence-corrected chi connectivity index (χ3v) is 2.15. The lowest BCUT2D eigenvalue weighted by Crippen LogP contribution is -1.97. The molecule has 0 aromatic heterocycles. The van der Waals surface area contributed by atoms with Crippen molar-refractivity contribution in [1.29, 1.82) is 0 Å². The molecule has 0 aliphatic carbocycles. The van der Waals surface area contributed by atoms with Gasteiger partial charge in [-0.05, 0) is 25.7 Å². The predicted octanol–water partition coefficient (Wildman–Crippen LogP) is 2.81. The van der Waals surface area contributed by atoms with Crippen LogP contribution in [0.1, 0.15) is 38.5 Å². The average Bonchev–Trinajstić information content (AvgIpc) is 2.28. The first-order chi connectivity index (χ1) is 7.70. The van der Waals surface area contributed by atoms with E-state index in [1.807, 2.05) is 6.08 Å². The Hall–Kier alpha value is -1.38. The molecule has 0 aromatic carbocycles. The normalized spacial score (nSPS) is 10.3. The van der Waals surface area contributed by atoms with E-state index in [-0.39, 0.29) is 11.8 Å². The molecule has 0 rings (SSSR count). The van der Waals surface area contributed by atoms with E-state index in [0.29, 0.717) is 12.8 Å². The highest BCUT2D eigenvalue weighted by Crippen LogP contribution is 2.04. The van der Waals surface area contributed by atoms with Gasteiger partial charge in [0.2, 0.25) is 0 Å². The summed E-state index contributed by atoms with van der Waals surface area (Å²) in [5.41, 5.74) is 0. The third kappa shape index (κ3) is 9.19. The molecule has 0 saturated heterocycles. The van der Waals surface area contributed by atoms with Crippen LogP contribution in [-0.4, -0.2) is 18.9 Å². The molecule has 0 saturated carbocycles. The van der Waals surface area contributed by atoms with Crippen LogP contribution in [0.2, 0.25) is 0 Å². The van der Waals surface area contributed by atoms with E-state index in [2.05, 4.69) is 11.3 Å². The number of ether oxygens (including phenoxy) is 1. The number of unbranched alkanes of at least 4 members (excludes halogenated alkanes) is 2. The lowest BCUT2D eigenvalue weighted by atomic mass is 10.1. The highest BCUT2D eigenvalue weighted by molar-refractivity contribution is 5.81. The molecule has 0 bridgehead atoms. The number of carbonyl (C=O) groups is 2. The minimum Gasteiger partial charge on any atom is -0.466 e. The number of hydrogen-bond acceptors (Lipinski definition) is 3. The van der Waals surface area contributed by atoms with Crippen molar-refractivity contribution >= 4 is 11.8 Å². The van der Waals surface area contributed by atoms with Crippen LogP contribution in [0.3, 0.4) is 0 Å². The van der Waals surface area contributed by atoms with Crippen LogP contribution in [0.5, 0.6) is 0 Å². The van der Waals surface area contributed by atoms with Gasteiger partial charge < -0.3 is 4.74 Å². The van der Waals surface area contributed by atoms with Gasteiger partial charge in [0.05, 0.1) is 7.11 Å². The molecule has 0 aliphatic heterocycles. The largest absolute Gasteiger partial charge is 0.466 e. The molecule has 0 spiro atoms. The standard InChI is InChI=1S/C13H20O3/c1-3-4-6-9-12(14)10-7-5-8-11-13(15)16-2/h3,8,11H,1,4-7,9-10H2,2H3/b11-8+. The lowest BCUT2D eigenvalue weighted by Gasteiger charge is -1.97. The second-order valence-electron chi connectivity index (χ2n) is 3.54. The highest BCUT2D eigenvalue weighted by Gasteiger charge is 1.99. The van der Waals surface area contributed by atoms with Gasteiger partial charge in [0, 0.05) is 18.9 Å². The molecule has 90 valence electrons. The summed E-state index contributed by atoms with van der Waals surface area (Å²) in [6.45, 7) is 3.60. The quantitative estimate of drug-likeness (QED) is 0.262. The Labute approximate surface area is 97.2 Å². The first kappa shape index (κ1) is 14.6. The summed E-state index contributed by atoms with van der Waals surface area (Å²) in [6, 6.07) is 0. The van der Waals surface area contributed by atoms with Crippen molar-refractivity contribution in [2.45, 2.75) is 38.5 Å². The Morgan fingerprint density at radius 2 is 1.81 bits per heavy atom. The number of methoxy groups -OCH3 is 1. The fourth-order valence-corrected chi connectivity index (χ4v) is 1.23. The molecule has 0 atom stereocenters. The van der Waals surface area contributed by atoms with Gasteiger partial charge >= 0.3 is 5.97 Å². The summed E-state index contributed by atoms with van der Waals surface area (Å²) in [4.78, 5) is 22.0. The van der Waals surface area contributed by atoms with Gasteiger partial charge in [0.25, 0.3) is 0 Å². The van der Waals surface area contributed by atoms with E-state index < -0.39 is 0 Å². The Balaban J connectivity index is 3.44. The van der Waals surface area contributed by atoms with Gasteiger partial charge in [-0.2, -0.15) is 0 Å². The van der Waals surface area contributed by atoms with Gasteiger partial charge in [-0.25, -0.2) is 4.79 Å².